The molecular weight excluding hydrogens is 755 g/mol. The zero-order chi connectivity index (χ0) is 40.4. The molecule has 5 amide bonds. The second kappa shape index (κ2) is 14.9. The van der Waals surface area contributed by atoms with Crippen LogP contribution in [-0.4, -0.2) is 122 Å². The minimum Gasteiger partial charge on any atom is -0.488 e. The molecule has 15 heteroatoms. The molecule has 15 nitrogen and oxygen atoms in total. The van der Waals surface area contributed by atoms with Crippen molar-refractivity contribution in [2.24, 2.45) is 7.05 Å². The summed E-state index contributed by atoms with van der Waals surface area (Å²) in [5.41, 5.74) is 4.80. The second-order valence-electron chi connectivity index (χ2n) is 16.2. The molecule has 4 fully saturated rings. The maximum Gasteiger partial charge on any atom is 0.262 e. The Morgan fingerprint density at radius 3 is 2.36 bits per heavy atom. The predicted molar refractivity (Wildman–Crippen MR) is 214 cm³/mol. The highest BCUT2D eigenvalue weighted by Gasteiger charge is 2.45. The van der Waals surface area contributed by atoms with Gasteiger partial charge in [0.05, 0.1) is 35.4 Å². The topological polar surface area (TPSA) is 166 Å². The molecule has 0 bridgehead atoms. The number of carbonyl (C=O) groups excluding carboxylic acids is 5. The van der Waals surface area contributed by atoms with Crippen molar-refractivity contribution in [2.75, 3.05) is 32.7 Å². The summed E-state index contributed by atoms with van der Waals surface area (Å²) in [6.45, 7) is 2.73. The number of fused-ring (bicyclic) bond motifs is 4. The van der Waals surface area contributed by atoms with Gasteiger partial charge in [-0.05, 0) is 61.2 Å². The van der Waals surface area contributed by atoms with E-state index in [2.05, 4.69) is 51.2 Å². The summed E-state index contributed by atoms with van der Waals surface area (Å²) in [6.07, 6.45) is 9.13. The number of likely N-dealkylation sites (tertiary alicyclic amines) is 2. The van der Waals surface area contributed by atoms with Crippen molar-refractivity contribution in [3.05, 3.63) is 84.3 Å². The van der Waals surface area contributed by atoms with Crippen LogP contribution in [0.1, 0.15) is 59.2 Å². The number of imide groups is 2. The van der Waals surface area contributed by atoms with E-state index in [-0.39, 0.29) is 54.3 Å². The number of rotatable bonds is 10. The summed E-state index contributed by atoms with van der Waals surface area (Å²) in [5, 5.41) is 4.53. The first-order valence-corrected chi connectivity index (χ1v) is 20.3. The molecule has 302 valence electrons. The van der Waals surface area contributed by atoms with Crippen molar-refractivity contribution < 1.29 is 38.2 Å². The standard InChI is InChI=1S/C44H43N7O8/c1-48-36-10-13-45-21-35(36)32-5-2-25(16-38(32)48)26-3-9-40(46-20-26)59-30-17-29(18-30)57-27-11-14-50(15-12-27)41(53)24-49-22-31(23-49)58-28-4-6-33-34(19-28)44(56)51(43(33)55)37-7-8-39(52)47-42(37)54/h2-6,9-10,13,16,19-21,27,29-31,37H,7-8,11-12,14-15,17-18,22-24H2,1H3,(H,47,52,54)/t29-,30-,37?. The van der Waals surface area contributed by atoms with Gasteiger partial charge in [0.15, 0.2) is 0 Å². The smallest absolute Gasteiger partial charge is 0.262 e. The van der Waals surface area contributed by atoms with Crippen LogP contribution in [0.4, 0.5) is 0 Å². The highest BCUT2D eigenvalue weighted by atomic mass is 16.5. The largest absolute Gasteiger partial charge is 0.488 e. The lowest BCUT2D eigenvalue weighted by atomic mass is 9.91. The molecule has 5 aromatic rings. The van der Waals surface area contributed by atoms with Gasteiger partial charge in [-0.3, -0.25) is 44.1 Å². The van der Waals surface area contributed by atoms with E-state index in [1.165, 1.54) is 17.5 Å². The van der Waals surface area contributed by atoms with Crippen LogP contribution in [0.3, 0.4) is 0 Å². The summed E-state index contributed by atoms with van der Waals surface area (Å²) in [6, 6.07) is 16.2. The van der Waals surface area contributed by atoms with Crippen LogP contribution in [-0.2, 0) is 26.2 Å². The van der Waals surface area contributed by atoms with Gasteiger partial charge in [-0.15, -0.1) is 0 Å². The SMILES string of the molecule is Cn1c2ccncc2c2ccc(-c3ccc(O[C@H]4C[C@H](OC5CCN(C(=O)CN6CC(Oc7ccc8c(c7)C(=O)N(C7CCC(=O)NC7=O)C8=O)C6)CC5)C4)nc3)cc21. The Morgan fingerprint density at radius 2 is 1.58 bits per heavy atom. The van der Waals surface area contributed by atoms with Crippen molar-refractivity contribution in [1.29, 1.82) is 0 Å². The van der Waals surface area contributed by atoms with Crippen LogP contribution < -0.4 is 14.8 Å². The number of hydrogen-bond acceptors (Lipinski definition) is 11. The van der Waals surface area contributed by atoms with Crippen molar-refractivity contribution in [3.8, 4) is 22.8 Å². The fourth-order valence-electron chi connectivity index (χ4n) is 9.00. The van der Waals surface area contributed by atoms with Gasteiger partial charge >= 0.3 is 0 Å². The molecular formula is C44H43N7O8. The number of ether oxygens (including phenoxy) is 3. The second-order valence-corrected chi connectivity index (χ2v) is 16.2. The first-order valence-electron chi connectivity index (χ1n) is 20.3. The molecule has 1 saturated carbocycles. The first kappa shape index (κ1) is 37.1. The van der Waals surface area contributed by atoms with Gasteiger partial charge in [0.1, 0.15) is 24.0 Å². The number of nitrogens with zero attached hydrogens (tertiary/aromatic N) is 6. The van der Waals surface area contributed by atoms with E-state index < -0.39 is 29.7 Å². The lowest BCUT2D eigenvalue weighted by molar-refractivity contribution is -0.141. The molecule has 1 atom stereocenters. The molecule has 5 aliphatic rings. The molecule has 3 aromatic heterocycles. The van der Waals surface area contributed by atoms with Gasteiger partial charge < -0.3 is 23.7 Å². The third kappa shape index (κ3) is 6.97. The molecule has 10 rings (SSSR count). The maximum absolute atomic E-state index is 13.2. The van der Waals surface area contributed by atoms with Crippen LogP contribution in [0.25, 0.3) is 32.9 Å². The summed E-state index contributed by atoms with van der Waals surface area (Å²) < 4.78 is 20.8. The van der Waals surface area contributed by atoms with Gasteiger partial charge in [0.2, 0.25) is 23.6 Å². The molecule has 1 unspecified atom stereocenters. The van der Waals surface area contributed by atoms with E-state index in [0.29, 0.717) is 44.4 Å². The van der Waals surface area contributed by atoms with Crippen LogP contribution in [0.15, 0.2) is 73.2 Å². The average Bonchev–Trinajstić information content (AvgIpc) is 3.64. The summed E-state index contributed by atoms with van der Waals surface area (Å²) >= 11 is 0. The lowest BCUT2D eigenvalue weighted by Gasteiger charge is -2.41. The van der Waals surface area contributed by atoms with E-state index in [0.717, 1.165) is 58.1 Å². The van der Waals surface area contributed by atoms with Crippen LogP contribution in [0, 0.1) is 0 Å². The number of aryl methyl sites for hydroxylation is 1. The van der Waals surface area contributed by atoms with Crippen molar-refractivity contribution in [2.45, 2.75) is 69.0 Å². The quantitative estimate of drug-likeness (QED) is 0.204. The highest BCUT2D eigenvalue weighted by Crippen LogP contribution is 2.34. The Labute approximate surface area is 339 Å². The zero-order valence-electron chi connectivity index (χ0n) is 32.5. The molecule has 2 aromatic carbocycles. The number of piperidine rings is 2. The molecule has 3 saturated heterocycles. The average molecular weight is 798 g/mol. The van der Waals surface area contributed by atoms with Gasteiger partial charge in [-0.25, -0.2) is 4.98 Å². The Balaban J connectivity index is 0.633. The summed E-state index contributed by atoms with van der Waals surface area (Å²) in [5.74, 6) is -1.07. The van der Waals surface area contributed by atoms with Crippen LogP contribution >= 0.6 is 0 Å². The highest BCUT2D eigenvalue weighted by molar-refractivity contribution is 6.23. The molecule has 1 aliphatic carbocycles. The maximum atomic E-state index is 13.2. The van der Waals surface area contributed by atoms with E-state index >= 15 is 0 Å². The van der Waals surface area contributed by atoms with Gasteiger partial charge in [-0.1, -0.05) is 12.1 Å². The monoisotopic (exact) mass is 797 g/mol. The predicted octanol–water partition coefficient (Wildman–Crippen LogP) is 3.87. The van der Waals surface area contributed by atoms with Gasteiger partial charge in [-0.2, -0.15) is 0 Å². The third-order valence-electron chi connectivity index (χ3n) is 12.4. The van der Waals surface area contributed by atoms with Crippen LogP contribution in [0.5, 0.6) is 11.6 Å². The normalized spacial score (nSPS) is 22.7. The van der Waals surface area contributed by atoms with E-state index in [4.69, 9.17) is 14.2 Å². The van der Waals surface area contributed by atoms with Crippen molar-refractivity contribution >= 4 is 51.3 Å². The number of nitrogens with one attached hydrogen (secondary N) is 1. The fraction of sp³-hybridized carbons (Fsp3) is 0.386. The minimum absolute atomic E-state index is 0.0604. The summed E-state index contributed by atoms with van der Waals surface area (Å²) in [7, 11) is 2.08. The molecule has 7 heterocycles. The lowest BCUT2D eigenvalue weighted by Crippen LogP contribution is -2.57. The molecule has 59 heavy (non-hydrogen) atoms. The number of hydrogen-bond donors (Lipinski definition) is 1. The van der Waals surface area contributed by atoms with E-state index in [1.54, 1.807) is 6.07 Å². The first-order chi connectivity index (χ1) is 28.6. The molecule has 4 aliphatic heterocycles. The zero-order valence-corrected chi connectivity index (χ0v) is 32.5. The van der Waals surface area contributed by atoms with Crippen molar-refractivity contribution in [3.63, 3.8) is 0 Å². The Bertz CT molecular complexity index is 2520. The number of amides is 5. The van der Waals surface area contributed by atoms with E-state index in [1.807, 2.05) is 40.5 Å². The van der Waals surface area contributed by atoms with Gasteiger partial charge in [0.25, 0.3) is 11.8 Å². The number of carbonyl (C=O) groups is 5. The minimum atomic E-state index is -1.02. The number of aromatic nitrogens is 3. The molecule has 0 spiro atoms. The Kier molecular flexibility index (Phi) is 9.36. The van der Waals surface area contributed by atoms with Crippen LogP contribution in [0.2, 0.25) is 0 Å². The Hall–Kier alpha value is -6.19. The summed E-state index contributed by atoms with van der Waals surface area (Å²) in [4.78, 5) is 77.0. The van der Waals surface area contributed by atoms with E-state index in [9.17, 15) is 24.0 Å². The van der Waals surface area contributed by atoms with Gasteiger partial charge in [0, 0.05) is 99.0 Å². The Morgan fingerprint density at radius 1 is 0.780 bits per heavy atom. The molecule has 0 radical (unpaired) electrons. The third-order valence-corrected chi connectivity index (χ3v) is 12.4. The number of benzene rings is 2. The number of pyridine rings is 2. The fourth-order valence-corrected chi connectivity index (χ4v) is 9.00. The molecule has 1 N–H and O–H groups in total. The van der Waals surface area contributed by atoms with Crippen molar-refractivity contribution in [1.82, 2.24) is 34.6 Å².